The van der Waals surface area contributed by atoms with E-state index in [1.807, 2.05) is 36.2 Å². The van der Waals surface area contributed by atoms with E-state index in [1.165, 1.54) is 0 Å². The van der Waals surface area contributed by atoms with Gasteiger partial charge in [-0.25, -0.2) is 0 Å². The Hall–Kier alpha value is -2.34. The summed E-state index contributed by atoms with van der Waals surface area (Å²) in [6.07, 6.45) is 0. The number of hydrogen-bond donors (Lipinski definition) is 1. The molecule has 0 unspecified atom stereocenters. The zero-order chi connectivity index (χ0) is 15.2. The van der Waals surface area contributed by atoms with Crippen molar-refractivity contribution in [2.75, 3.05) is 26.0 Å². The molecule has 2 rings (SSSR count). The van der Waals surface area contributed by atoms with Crippen molar-refractivity contribution in [3.63, 3.8) is 0 Å². The van der Waals surface area contributed by atoms with E-state index in [4.69, 9.17) is 9.26 Å². The van der Waals surface area contributed by atoms with E-state index < -0.39 is 0 Å². The number of benzene rings is 1. The third kappa shape index (κ3) is 4.32. The summed E-state index contributed by atoms with van der Waals surface area (Å²) in [6.45, 7) is 2.65. The van der Waals surface area contributed by atoms with Gasteiger partial charge in [0.05, 0.1) is 13.7 Å². The molecule has 21 heavy (non-hydrogen) atoms. The van der Waals surface area contributed by atoms with E-state index in [2.05, 4.69) is 10.5 Å². The largest absolute Gasteiger partial charge is 0.496 e. The minimum absolute atomic E-state index is 0.138. The van der Waals surface area contributed by atoms with Crippen molar-refractivity contribution in [1.82, 2.24) is 10.1 Å². The molecule has 6 nitrogen and oxygen atoms in total. The number of carbonyl (C=O) groups is 1. The molecular formula is C15H19N3O3. The molecule has 6 heteroatoms. The first-order valence-corrected chi connectivity index (χ1v) is 6.62. The van der Waals surface area contributed by atoms with Gasteiger partial charge in [-0.05, 0) is 20.0 Å². The highest BCUT2D eigenvalue weighted by Gasteiger charge is 2.11. The first kappa shape index (κ1) is 15.1. The van der Waals surface area contributed by atoms with Crippen LogP contribution in [0.3, 0.4) is 0 Å². The van der Waals surface area contributed by atoms with Gasteiger partial charge in [-0.2, -0.15) is 0 Å². The lowest BCUT2D eigenvalue weighted by Crippen LogP contribution is -2.30. The Labute approximate surface area is 123 Å². The Morgan fingerprint density at radius 2 is 2.19 bits per heavy atom. The predicted molar refractivity (Wildman–Crippen MR) is 79.2 cm³/mol. The fraction of sp³-hybridized carbons (Fsp3) is 0.333. The van der Waals surface area contributed by atoms with Crippen LogP contribution >= 0.6 is 0 Å². The second-order valence-electron chi connectivity index (χ2n) is 4.86. The predicted octanol–water partition coefficient (Wildman–Crippen LogP) is 2.06. The fourth-order valence-electron chi connectivity index (χ4n) is 2.03. The highest BCUT2D eigenvalue weighted by atomic mass is 16.5. The first-order chi connectivity index (χ1) is 10.1. The summed E-state index contributed by atoms with van der Waals surface area (Å²) < 4.78 is 10.2. The van der Waals surface area contributed by atoms with Crippen molar-refractivity contribution in [3.05, 3.63) is 41.7 Å². The summed E-state index contributed by atoms with van der Waals surface area (Å²) in [6, 6.07) is 9.43. The molecule has 0 atom stereocenters. The molecule has 0 saturated carbocycles. The molecule has 0 radical (unpaired) electrons. The fourth-order valence-corrected chi connectivity index (χ4v) is 2.03. The Bertz CT molecular complexity index is 610. The van der Waals surface area contributed by atoms with Gasteiger partial charge < -0.3 is 14.6 Å². The molecule has 0 aliphatic rings. The molecule has 1 aromatic heterocycles. The normalized spacial score (nSPS) is 10.7. The maximum absolute atomic E-state index is 11.9. The van der Waals surface area contributed by atoms with Gasteiger partial charge in [0.1, 0.15) is 11.5 Å². The van der Waals surface area contributed by atoms with Crippen LogP contribution in [0.5, 0.6) is 5.75 Å². The summed E-state index contributed by atoms with van der Waals surface area (Å²) >= 11 is 0. The molecule has 0 fully saturated rings. The van der Waals surface area contributed by atoms with Crippen molar-refractivity contribution >= 4 is 11.7 Å². The topological polar surface area (TPSA) is 67.6 Å². The SMILES string of the molecule is COc1ccccc1CN(C)CC(=O)Nc1cc(C)on1. The molecule has 1 aromatic carbocycles. The number of methoxy groups -OCH3 is 1. The van der Waals surface area contributed by atoms with Crippen LogP contribution in [-0.4, -0.2) is 36.7 Å². The van der Waals surface area contributed by atoms with E-state index in [9.17, 15) is 4.79 Å². The maximum atomic E-state index is 11.9. The van der Waals surface area contributed by atoms with Crippen LogP contribution in [0.25, 0.3) is 0 Å². The van der Waals surface area contributed by atoms with Crippen LogP contribution in [0.2, 0.25) is 0 Å². The number of aryl methyl sites for hydroxylation is 1. The van der Waals surface area contributed by atoms with E-state index in [1.54, 1.807) is 20.1 Å². The third-order valence-corrected chi connectivity index (χ3v) is 2.94. The minimum atomic E-state index is -0.138. The van der Waals surface area contributed by atoms with Gasteiger partial charge in [-0.3, -0.25) is 9.69 Å². The Morgan fingerprint density at radius 3 is 2.86 bits per heavy atom. The Kier molecular flexibility index (Phi) is 4.94. The molecule has 1 heterocycles. The number of rotatable bonds is 6. The zero-order valence-corrected chi connectivity index (χ0v) is 12.4. The number of amides is 1. The average molecular weight is 289 g/mol. The van der Waals surface area contributed by atoms with E-state index >= 15 is 0 Å². The maximum Gasteiger partial charge on any atom is 0.239 e. The quantitative estimate of drug-likeness (QED) is 0.881. The molecule has 0 aliphatic carbocycles. The number of para-hydroxylation sites is 1. The lowest BCUT2D eigenvalue weighted by molar-refractivity contribution is -0.117. The highest BCUT2D eigenvalue weighted by Crippen LogP contribution is 2.18. The van der Waals surface area contributed by atoms with E-state index in [-0.39, 0.29) is 12.5 Å². The van der Waals surface area contributed by atoms with Gasteiger partial charge in [-0.1, -0.05) is 23.4 Å². The molecule has 1 amide bonds. The van der Waals surface area contributed by atoms with Crippen molar-refractivity contribution < 1.29 is 14.1 Å². The molecule has 0 aliphatic heterocycles. The lowest BCUT2D eigenvalue weighted by atomic mass is 10.2. The molecule has 0 bridgehead atoms. The summed E-state index contributed by atoms with van der Waals surface area (Å²) in [7, 11) is 3.51. The van der Waals surface area contributed by atoms with Crippen LogP contribution < -0.4 is 10.1 Å². The molecule has 0 spiro atoms. The van der Waals surface area contributed by atoms with Gasteiger partial charge in [0.2, 0.25) is 5.91 Å². The van der Waals surface area contributed by atoms with Crippen molar-refractivity contribution in [1.29, 1.82) is 0 Å². The van der Waals surface area contributed by atoms with Gasteiger partial charge >= 0.3 is 0 Å². The molecule has 0 saturated heterocycles. The first-order valence-electron chi connectivity index (χ1n) is 6.62. The van der Waals surface area contributed by atoms with Crippen molar-refractivity contribution in [2.45, 2.75) is 13.5 Å². The molecule has 112 valence electrons. The zero-order valence-electron chi connectivity index (χ0n) is 12.4. The third-order valence-electron chi connectivity index (χ3n) is 2.94. The summed E-state index contributed by atoms with van der Waals surface area (Å²) in [5.74, 6) is 1.77. The molecule has 1 N–H and O–H groups in total. The Morgan fingerprint density at radius 1 is 1.43 bits per heavy atom. The van der Waals surface area contributed by atoms with Gasteiger partial charge in [0.15, 0.2) is 5.82 Å². The van der Waals surface area contributed by atoms with Crippen molar-refractivity contribution in [3.8, 4) is 5.75 Å². The number of nitrogens with one attached hydrogen (secondary N) is 1. The smallest absolute Gasteiger partial charge is 0.239 e. The number of hydrogen-bond acceptors (Lipinski definition) is 5. The molecular weight excluding hydrogens is 270 g/mol. The standard InChI is InChI=1S/C15H19N3O3/c1-11-8-14(17-21-11)16-15(19)10-18(2)9-12-6-4-5-7-13(12)20-3/h4-8H,9-10H2,1-3H3,(H,16,17,19). The van der Waals surface area contributed by atoms with Crippen LogP contribution in [0.4, 0.5) is 5.82 Å². The second-order valence-corrected chi connectivity index (χ2v) is 4.86. The van der Waals surface area contributed by atoms with Gasteiger partial charge in [0.25, 0.3) is 0 Å². The summed E-state index contributed by atoms with van der Waals surface area (Å²) in [5, 5.41) is 6.42. The number of likely N-dealkylation sites (N-methyl/N-ethyl adjacent to an activating group) is 1. The molecule has 2 aromatic rings. The van der Waals surface area contributed by atoms with Crippen LogP contribution in [0.1, 0.15) is 11.3 Å². The number of anilines is 1. The van der Waals surface area contributed by atoms with Crippen molar-refractivity contribution in [2.24, 2.45) is 0 Å². The van der Waals surface area contributed by atoms with Crippen LogP contribution in [0.15, 0.2) is 34.9 Å². The van der Waals surface area contributed by atoms with Gasteiger partial charge in [-0.15, -0.1) is 0 Å². The monoisotopic (exact) mass is 289 g/mol. The number of nitrogens with zero attached hydrogens (tertiary/aromatic N) is 2. The van der Waals surface area contributed by atoms with E-state index in [0.29, 0.717) is 18.1 Å². The number of aromatic nitrogens is 1. The average Bonchev–Trinajstić information content (AvgIpc) is 2.84. The summed E-state index contributed by atoms with van der Waals surface area (Å²) in [4.78, 5) is 13.8. The Balaban J connectivity index is 1.89. The van der Waals surface area contributed by atoms with E-state index in [0.717, 1.165) is 11.3 Å². The van der Waals surface area contributed by atoms with Crippen LogP contribution in [0, 0.1) is 6.92 Å². The number of carbonyl (C=O) groups excluding carboxylic acids is 1. The minimum Gasteiger partial charge on any atom is -0.496 e. The van der Waals surface area contributed by atoms with Gasteiger partial charge in [0, 0.05) is 18.2 Å². The highest BCUT2D eigenvalue weighted by molar-refractivity contribution is 5.91. The summed E-state index contributed by atoms with van der Waals surface area (Å²) in [5.41, 5.74) is 1.03. The lowest BCUT2D eigenvalue weighted by Gasteiger charge is -2.17. The van der Waals surface area contributed by atoms with Crippen LogP contribution in [-0.2, 0) is 11.3 Å². The second kappa shape index (κ2) is 6.90. The number of ether oxygens (including phenoxy) is 1.